The minimum absolute atomic E-state index is 0.623. The normalized spacial score (nSPS) is 28.8. The lowest BCUT2D eigenvalue weighted by Gasteiger charge is -2.33. The average molecular weight is 304 g/mol. The number of hydrogen-bond acceptors (Lipinski definition) is 2. The van der Waals surface area contributed by atoms with Gasteiger partial charge in [-0.25, -0.2) is 0 Å². The van der Waals surface area contributed by atoms with Gasteiger partial charge in [-0.05, 0) is 49.3 Å². The Labute approximate surface area is 134 Å². The molecule has 1 aliphatic carbocycles. The Balaban J connectivity index is 1.56. The zero-order valence-corrected chi connectivity index (χ0v) is 14.3. The van der Waals surface area contributed by atoms with Gasteiger partial charge in [0.1, 0.15) is 0 Å². The first-order valence-corrected chi connectivity index (χ1v) is 9.58. The standard InChI is InChI=1S/C19H29NS/c1-14(2)20-13-17-9-4-3-7-15(17)11-18-12-16-8-5-6-10-19(16)21-18/h5-6,8,10,14-15,17-18,20H,3-4,7,9,11-13H2,1-2H3. The molecule has 21 heavy (non-hydrogen) atoms. The minimum Gasteiger partial charge on any atom is -0.314 e. The molecule has 3 unspecified atom stereocenters. The summed E-state index contributed by atoms with van der Waals surface area (Å²) in [5.41, 5.74) is 1.58. The number of thioether (sulfide) groups is 1. The number of rotatable bonds is 5. The molecule has 0 radical (unpaired) electrons. The summed E-state index contributed by atoms with van der Waals surface area (Å²) < 4.78 is 0. The fourth-order valence-corrected chi connectivity index (χ4v) is 5.40. The average Bonchev–Trinajstić information content (AvgIpc) is 2.88. The number of benzene rings is 1. The van der Waals surface area contributed by atoms with Gasteiger partial charge in [-0.3, -0.25) is 0 Å². The Hall–Kier alpha value is -0.470. The predicted octanol–water partition coefficient (Wildman–Crippen LogP) is 4.90. The third-order valence-corrected chi connectivity index (χ3v) is 6.48. The van der Waals surface area contributed by atoms with Gasteiger partial charge in [-0.2, -0.15) is 0 Å². The van der Waals surface area contributed by atoms with Crippen molar-refractivity contribution in [3.8, 4) is 0 Å². The van der Waals surface area contributed by atoms with Crippen molar-refractivity contribution < 1.29 is 0 Å². The van der Waals surface area contributed by atoms with Crippen LogP contribution in [0, 0.1) is 11.8 Å². The Morgan fingerprint density at radius 2 is 1.90 bits per heavy atom. The molecule has 1 saturated carbocycles. The van der Waals surface area contributed by atoms with E-state index in [1.165, 1.54) is 50.0 Å². The first kappa shape index (κ1) is 15.4. The van der Waals surface area contributed by atoms with Crippen molar-refractivity contribution in [1.29, 1.82) is 0 Å². The van der Waals surface area contributed by atoms with Crippen LogP contribution in [-0.2, 0) is 6.42 Å². The van der Waals surface area contributed by atoms with Gasteiger partial charge in [0.05, 0.1) is 0 Å². The molecular weight excluding hydrogens is 274 g/mol. The van der Waals surface area contributed by atoms with Crippen molar-refractivity contribution in [3.05, 3.63) is 29.8 Å². The first-order chi connectivity index (χ1) is 10.2. The summed E-state index contributed by atoms with van der Waals surface area (Å²) in [6.45, 7) is 5.76. The summed E-state index contributed by atoms with van der Waals surface area (Å²) >= 11 is 2.14. The van der Waals surface area contributed by atoms with Crippen LogP contribution in [0.4, 0.5) is 0 Å². The Kier molecular flexibility index (Phi) is 5.29. The molecule has 2 aliphatic rings. The summed E-state index contributed by atoms with van der Waals surface area (Å²) in [6.07, 6.45) is 8.50. The van der Waals surface area contributed by atoms with Crippen LogP contribution in [0.25, 0.3) is 0 Å². The minimum atomic E-state index is 0.623. The summed E-state index contributed by atoms with van der Waals surface area (Å²) in [6, 6.07) is 9.62. The molecule has 1 aliphatic heterocycles. The van der Waals surface area contributed by atoms with Crippen LogP contribution in [-0.4, -0.2) is 17.8 Å². The number of fused-ring (bicyclic) bond motifs is 1. The van der Waals surface area contributed by atoms with Gasteiger partial charge in [0, 0.05) is 16.2 Å². The van der Waals surface area contributed by atoms with E-state index in [4.69, 9.17) is 0 Å². The maximum atomic E-state index is 3.68. The van der Waals surface area contributed by atoms with E-state index >= 15 is 0 Å². The molecule has 1 heterocycles. The monoisotopic (exact) mass is 303 g/mol. The van der Waals surface area contributed by atoms with Gasteiger partial charge in [0.15, 0.2) is 0 Å². The lowest BCUT2D eigenvalue weighted by molar-refractivity contribution is 0.213. The molecule has 1 aromatic rings. The van der Waals surface area contributed by atoms with Crippen molar-refractivity contribution in [2.24, 2.45) is 11.8 Å². The Morgan fingerprint density at radius 3 is 2.67 bits per heavy atom. The Bertz CT molecular complexity index is 432. The molecule has 0 amide bonds. The lowest BCUT2D eigenvalue weighted by atomic mass is 9.76. The molecule has 1 nitrogen and oxygen atoms in total. The predicted molar refractivity (Wildman–Crippen MR) is 93.0 cm³/mol. The molecule has 1 N–H and O–H groups in total. The number of hydrogen-bond donors (Lipinski definition) is 1. The molecule has 0 saturated heterocycles. The van der Waals surface area contributed by atoms with Crippen LogP contribution in [0.2, 0.25) is 0 Å². The van der Waals surface area contributed by atoms with E-state index in [9.17, 15) is 0 Å². The summed E-state index contributed by atoms with van der Waals surface area (Å²) in [7, 11) is 0. The smallest absolute Gasteiger partial charge is 0.0138 e. The lowest BCUT2D eigenvalue weighted by Crippen LogP contribution is -2.35. The van der Waals surface area contributed by atoms with E-state index in [2.05, 4.69) is 55.2 Å². The van der Waals surface area contributed by atoms with E-state index in [0.29, 0.717) is 6.04 Å². The second-order valence-electron chi connectivity index (χ2n) is 7.15. The fourth-order valence-electron chi connectivity index (χ4n) is 3.97. The van der Waals surface area contributed by atoms with E-state index < -0.39 is 0 Å². The van der Waals surface area contributed by atoms with E-state index in [1.807, 2.05) is 0 Å². The van der Waals surface area contributed by atoms with Gasteiger partial charge in [0.25, 0.3) is 0 Å². The zero-order valence-electron chi connectivity index (χ0n) is 13.5. The topological polar surface area (TPSA) is 12.0 Å². The maximum absolute atomic E-state index is 3.68. The van der Waals surface area contributed by atoms with Crippen LogP contribution < -0.4 is 5.32 Å². The van der Waals surface area contributed by atoms with E-state index in [0.717, 1.165) is 17.1 Å². The summed E-state index contributed by atoms with van der Waals surface area (Å²) in [5.74, 6) is 1.85. The zero-order chi connectivity index (χ0) is 14.7. The molecule has 3 atom stereocenters. The highest BCUT2D eigenvalue weighted by Crippen LogP contribution is 2.43. The highest BCUT2D eigenvalue weighted by atomic mass is 32.2. The van der Waals surface area contributed by atoms with Crippen molar-refractivity contribution in [2.45, 2.75) is 68.6 Å². The Morgan fingerprint density at radius 1 is 1.14 bits per heavy atom. The molecule has 0 bridgehead atoms. The van der Waals surface area contributed by atoms with Gasteiger partial charge in [-0.1, -0.05) is 51.3 Å². The number of nitrogens with one attached hydrogen (secondary N) is 1. The maximum Gasteiger partial charge on any atom is 0.0138 e. The van der Waals surface area contributed by atoms with Gasteiger partial charge in [0.2, 0.25) is 0 Å². The van der Waals surface area contributed by atoms with E-state index in [1.54, 1.807) is 5.56 Å². The largest absolute Gasteiger partial charge is 0.314 e. The quantitative estimate of drug-likeness (QED) is 0.830. The second kappa shape index (κ2) is 7.19. The molecule has 0 aromatic heterocycles. The van der Waals surface area contributed by atoms with Crippen LogP contribution in [0.1, 0.15) is 51.5 Å². The van der Waals surface area contributed by atoms with Crippen molar-refractivity contribution in [3.63, 3.8) is 0 Å². The summed E-state index contributed by atoms with van der Waals surface area (Å²) in [4.78, 5) is 1.54. The van der Waals surface area contributed by atoms with Crippen molar-refractivity contribution in [1.82, 2.24) is 5.32 Å². The third-order valence-electron chi connectivity index (χ3n) is 5.13. The molecule has 1 fully saturated rings. The van der Waals surface area contributed by atoms with Gasteiger partial charge < -0.3 is 5.32 Å². The third kappa shape index (κ3) is 4.04. The highest BCUT2D eigenvalue weighted by molar-refractivity contribution is 8.00. The van der Waals surface area contributed by atoms with Crippen LogP contribution in [0.3, 0.4) is 0 Å². The molecule has 2 heteroatoms. The van der Waals surface area contributed by atoms with Gasteiger partial charge >= 0.3 is 0 Å². The summed E-state index contributed by atoms with van der Waals surface area (Å²) in [5, 5.41) is 4.51. The first-order valence-electron chi connectivity index (χ1n) is 8.70. The van der Waals surface area contributed by atoms with Crippen molar-refractivity contribution >= 4 is 11.8 Å². The SMILES string of the molecule is CC(C)NCC1CCCCC1CC1Cc2ccccc2S1. The molecular formula is C19H29NS. The van der Waals surface area contributed by atoms with Crippen LogP contribution in [0.15, 0.2) is 29.2 Å². The highest BCUT2D eigenvalue weighted by Gasteiger charge is 2.30. The van der Waals surface area contributed by atoms with Crippen LogP contribution in [0.5, 0.6) is 0 Å². The van der Waals surface area contributed by atoms with E-state index in [-0.39, 0.29) is 0 Å². The molecule has 0 spiro atoms. The molecule has 1 aromatic carbocycles. The van der Waals surface area contributed by atoms with Crippen molar-refractivity contribution in [2.75, 3.05) is 6.54 Å². The second-order valence-corrected chi connectivity index (χ2v) is 8.50. The fraction of sp³-hybridized carbons (Fsp3) is 0.684. The molecule has 116 valence electrons. The molecule has 3 rings (SSSR count). The van der Waals surface area contributed by atoms with Crippen LogP contribution >= 0.6 is 11.8 Å². The van der Waals surface area contributed by atoms with Gasteiger partial charge in [-0.15, -0.1) is 11.8 Å².